The topological polar surface area (TPSA) is 98.6 Å². The number of H-pyrrole nitrogens is 1. The van der Waals surface area contributed by atoms with E-state index in [4.69, 9.17) is 5.26 Å². The predicted molar refractivity (Wildman–Crippen MR) is 51.8 cm³/mol. The molecule has 6 heteroatoms. The Bertz CT molecular complexity index is 458. The second-order valence-electron chi connectivity index (χ2n) is 3.07. The summed E-state index contributed by atoms with van der Waals surface area (Å²) < 4.78 is 0. The van der Waals surface area contributed by atoms with E-state index in [1.54, 1.807) is 20.0 Å². The Morgan fingerprint density at radius 3 is 2.80 bits per heavy atom. The fourth-order valence-corrected chi connectivity index (χ4v) is 1.28. The third-order valence-electron chi connectivity index (χ3n) is 1.99. The van der Waals surface area contributed by atoms with E-state index < -0.39 is 11.6 Å². The molecule has 0 atom stereocenters. The fourth-order valence-electron chi connectivity index (χ4n) is 1.28. The quantitative estimate of drug-likeness (QED) is 0.504. The van der Waals surface area contributed by atoms with Crippen LogP contribution in [-0.2, 0) is 11.2 Å². The lowest BCUT2D eigenvalue weighted by Gasteiger charge is -2.05. The number of hydrogen-bond acceptors (Lipinski definition) is 4. The first-order valence-electron chi connectivity index (χ1n) is 4.29. The number of amides is 1. The minimum Gasteiger partial charge on any atom is -0.310 e. The molecule has 0 saturated carbocycles. The molecule has 0 saturated heterocycles. The summed E-state index contributed by atoms with van der Waals surface area (Å²) in [5.41, 5.74) is 1.31. The maximum Gasteiger partial charge on any atom is 0.345 e. The Balaban J connectivity index is 3.01. The van der Waals surface area contributed by atoms with Crippen molar-refractivity contribution in [3.63, 3.8) is 0 Å². The first-order chi connectivity index (χ1) is 7.04. The van der Waals surface area contributed by atoms with Gasteiger partial charge in [0.1, 0.15) is 0 Å². The van der Waals surface area contributed by atoms with E-state index in [0.717, 1.165) is 0 Å². The van der Waals surface area contributed by atoms with E-state index in [0.29, 0.717) is 17.0 Å². The zero-order chi connectivity index (χ0) is 11.4. The molecule has 0 radical (unpaired) electrons. The Morgan fingerprint density at radius 1 is 1.60 bits per heavy atom. The maximum atomic E-state index is 11.1. The number of carbonyl (C=O) groups is 1. The fraction of sp³-hybridized carbons (Fsp3) is 0.333. The van der Waals surface area contributed by atoms with Gasteiger partial charge in [-0.25, -0.2) is 4.79 Å². The summed E-state index contributed by atoms with van der Waals surface area (Å²) in [6, 6.07) is 0. The molecule has 1 amide bonds. The summed E-state index contributed by atoms with van der Waals surface area (Å²) in [6.45, 7) is 3.34. The third kappa shape index (κ3) is 2.64. The van der Waals surface area contributed by atoms with Crippen molar-refractivity contribution < 1.29 is 4.79 Å². The number of nitriles is 1. The SMILES string of the molecule is Cc1nc(=O)[nH]c(C)c1CC(=O)NC#N. The standard InChI is InChI=1S/C9H10N4O2/c1-5-7(3-8(14)11-4-10)6(2)13-9(15)12-5/h3H2,1-2H3,(H,11,14)(H,12,13,15). The molecule has 1 rings (SSSR count). The summed E-state index contributed by atoms with van der Waals surface area (Å²) in [5.74, 6) is -0.419. The lowest BCUT2D eigenvalue weighted by molar-refractivity contribution is -0.119. The van der Waals surface area contributed by atoms with Crippen molar-refractivity contribution in [1.29, 1.82) is 5.26 Å². The minimum atomic E-state index is -0.436. The van der Waals surface area contributed by atoms with Crippen LogP contribution in [-0.4, -0.2) is 15.9 Å². The molecule has 0 aliphatic rings. The molecule has 0 spiro atoms. The second kappa shape index (κ2) is 4.37. The van der Waals surface area contributed by atoms with Gasteiger partial charge < -0.3 is 4.98 Å². The zero-order valence-corrected chi connectivity index (χ0v) is 8.42. The van der Waals surface area contributed by atoms with E-state index in [2.05, 4.69) is 9.97 Å². The van der Waals surface area contributed by atoms with E-state index in [1.807, 2.05) is 5.32 Å². The van der Waals surface area contributed by atoms with Gasteiger partial charge in [-0.05, 0) is 13.8 Å². The van der Waals surface area contributed by atoms with Crippen molar-refractivity contribution in [1.82, 2.24) is 15.3 Å². The number of rotatable bonds is 2. The molecule has 0 aliphatic carbocycles. The number of nitrogens with one attached hydrogen (secondary N) is 2. The lowest BCUT2D eigenvalue weighted by atomic mass is 10.1. The van der Waals surface area contributed by atoms with Gasteiger partial charge in [-0.2, -0.15) is 10.2 Å². The minimum absolute atomic E-state index is 0.0367. The van der Waals surface area contributed by atoms with E-state index in [-0.39, 0.29) is 6.42 Å². The highest BCUT2D eigenvalue weighted by molar-refractivity contribution is 5.80. The molecule has 0 unspecified atom stereocenters. The molecule has 0 aliphatic heterocycles. The first kappa shape index (κ1) is 10.9. The van der Waals surface area contributed by atoms with Crippen LogP contribution in [0.1, 0.15) is 17.0 Å². The van der Waals surface area contributed by atoms with Crippen LogP contribution >= 0.6 is 0 Å². The molecule has 6 nitrogen and oxygen atoms in total. The molecule has 15 heavy (non-hydrogen) atoms. The third-order valence-corrected chi connectivity index (χ3v) is 1.99. The Labute approximate surface area is 86.0 Å². The number of carbonyl (C=O) groups excluding carboxylic acids is 1. The van der Waals surface area contributed by atoms with Gasteiger partial charge in [-0.15, -0.1) is 0 Å². The van der Waals surface area contributed by atoms with E-state index in [1.165, 1.54) is 0 Å². The average molecular weight is 206 g/mol. The van der Waals surface area contributed by atoms with Crippen LogP contribution in [0.2, 0.25) is 0 Å². The molecular formula is C9H10N4O2. The molecule has 1 heterocycles. The van der Waals surface area contributed by atoms with Crippen molar-refractivity contribution in [2.75, 3.05) is 0 Å². The Morgan fingerprint density at radius 2 is 2.27 bits per heavy atom. The largest absolute Gasteiger partial charge is 0.345 e. The van der Waals surface area contributed by atoms with Gasteiger partial charge in [0.2, 0.25) is 5.91 Å². The van der Waals surface area contributed by atoms with Crippen molar-refractivity contribution in [2.45, 2.75) is 20.3 Å². The van der Waals surface area contributed by atoms with Gasteiger partial charge in [0.05, 0.1) is 6.42 Å². The normalized spacial score (nSPS) is 9.40. The summed E-state index contributed by atoms with van der Waals surface area (Å²) in [5, 5.41) is 10.3. The predicted octanol–water partition coefficient (Wildman–Crippen LogP) is -0.473. The average Bonchev–Trinajstić information content (AvgIpc) is 2.11. The van der Waals surface area contributed by atoms with Crippen LogP contribution in [0.5, 0.6) is 0 Å². The van der Waals surface area contributed by atoms with Crippen molar-refractivity contribution in [3.05, 3.63) is 27.4 Å². The number of aryl methyl sites for hydroxylation is 2. The highest BCUT2D eigenvalue weighted by Crippen LogP contribution is 2.06. The molecule has 1 aromatic rings. The summed E-state index contributed by atoms with van der Waals surface area (Å²) >= 11 is 0. The molecule has 0 fully saturated rings. The summed E-state index contributed by atoms with van der Waals surface area (Å²) in [7, 11) is 0. The number of aromatic amines is 1. The lowest BCUT2D eigenvalue weighted by Crippen LogP contribution is -2.23. The van der Waals surface area contributed by atoms with Gasteiger partial charge in [0.15, 0.2) is 6.19 Å². The molecule has 1 aromatic heterocycles. The molecule has 78 valence electrons. The van der Waals surface area contributed by atoms with Crippen LogP contribution in [0.4, 0.5) is 0 Å². The van der Waals surface area contributed by atoms with E-state index in [9.17, 15) is 9.59 Å². The van der Waals surface area contributed by atoms with Gasteiger partial charge in [0.25, 0.3) is 0 Å². The summed E-state index contributed by atoms with van der Waals surface area (Å²) in [4.78, 5) is 28.3. The molecular weight excluding hydrogens is 196 g/mol. The van der Waals surface area contributed by atoms with Crippen LogP contribution in [0.3, 0.4) is 0 Å². The van der Waals surface area contributed by atoms with Crippen LogP contribution in [0.15, 0.2) is 4.79 Å². The smallest absolute Gasteiger partial charge is 0.310 e. The van der Waals surface area contributed by atoms with Gasteiger partial charge in [0, 0.05) is 17.0 Å². The Hall–Kier alpha value is -2.16. The highest BCUT2D eigenvalue weighted by Gasteiger charge is 2.10. The second-order valence-corrected chi connectivity index (χ2v) is 3.07. The Kier molecular flexibility index (Phi) is 3.18. The number of hydrogen-bond donors (Lipinski definition) is 2. The van der Waals surface area contributed by atoms with Gasteiger partial charge in [-0.3, -0.25) is 10.1 Å². The number of aromatic nitrogens is 2. The maximum absolute atomic E-state index is 11.1. The van der Waals surface area contributed by atoms with Crippen molar-refractivity contribution in [3.8, 4) is 6.19 Å². The summed E-state index contributed by atoms with van der Waals surface area (Å²) in [6.07, 6.45) is 1.58. The first-order valence-corrected chi connectivity index (χ1v) is 4.29. The molecule has 0 aromatic carbocycles. The zero-order valence-electron chi connectivity index (χ0n) is 8.42. The molecule has 0 bridgehead atoms. The van der Waals surface area contributed by atoms with Gasteiger partial charge >= 0.3 is 5.69 Å². The van der Waals surface area contributed by atoms with Gasteiger partial charge in [-0.1, -0.05) is 0 Å². The van der Waals surface area contributed by atoms with Crippen molar-refractivity contribution in [2.24, 2.45) is 0 Å². The number of nitrogens with zero attached hydrogens (tertiary/aromatic N) is 2. The van der Waals surface area contributed by atoms with E-state index >= 15 is 0 Å². The van der Waals surface area contributed by atoms with Crippen LogP contribution < -0.4 is 11.0 Å². The monoisotopic (exact) mass is 206 g/mol. The van der Waals surface area contributed by atoms with Crippen LogP contribution in [0.25, 0.3) is 0 Å². The highest BCUT2D eigenvalue weighted by atomic mass is 16.1. The van der Waals surface area contributed by atoms with Crippen LogP contribution in [0, 0.1) is 25.3 Å². The van der Waals surface area contributed by atoms with Crippen molar-refractivity contribution >= 4 is 5.91 Å². The molecule has 2 N–H and O–H groups in total.